The van der Waals surface area contributed by atoms with E-state index in [0.717, 1.165) is 48.3 Å². The number of anilines is 1. The lowest BCUT2D eigenvalue weighted by atomic mass is 9.95. The zero-order valence-electron chi connectivity index (χ0n) is 22.3. The number of piperazine rings is 1. The molecule has 192 valence electrons. The number of fused-ring (bicyclic) bond motifs is 2. The third-order valence-electron chi connectivity index (χ3n) is 8.13. The van der Waals surface area contributed by atoms with Crippen LogP contribution in [0.25, 0.3) is 21.8 Å². The number of hydrogen-bond acceptors (Lipinski definition) is 6. The molecule has 1 aromatic carbocycles. The van der Waals surface area contributed by atoms with Crippen LogP contribution in [0.1, 0.15) is 50.9 Å². The number of nitriles is 1. The van der Waals surface area contributed by atoms with Crippen molar-refractivity contribution < 1.29 is 0 Å². The maximum absolute atomic E-state index is 12.9. The molecule has 4 aromatic rings. The number of benzene rings is 1. The SMILES string of the molecule is CC[C@H]1CN([C@H](C)c2ccc3c(C)nccc3c2)[C@H](CC)CN1c1cc(=O)n(C)c2cn(CC#N)nc12. The second-order valence-corrected chi connectivity index (χ2v) is 10.2. The zero-order chi connectivity index (χ0) is 26.3. The average Bonchev–Trinajstić information content (AvgIpc) is 3.34. The largest absolute Gasteiger partial charge is 0.364 e. The quantitative estimate of drug-likeness (QED) is 0.389. The predicted molar refractivity (Wildman–Crippen MR) is 148 cm³/mol. The molecule has 0 bridgehead atoms. The number of pyridine rings is 2. The van der Waals surface area contributed by atoms with Gasteiger partial charge in [0, 0.05) is 61.6 Å². The molecule has 8 heteroatoms. The molecule has 3 atom stereocenters. The van der Waals surface area contributed by atoms with E-state index in [9.17, 15) is 10.1 Å². The number of rotatable bonds is 6. The lowest BCUT2D eigenvalue weighted by molar-refractivity contribution is 0.101. The summed E-state index contributed by atoms with van der Waals surface area (Å²) in [4.78, 5) is 22.4. The number of nitrogens with zero attached hydrogens (tertiary/aromatic N) is 7. The predicted octanol–water partition coefficient (Wildman–Crippen LogP) is 4.56. The fourth-order valence-corrected chi connectivity index (χ4v) is 5.87. The maximum atomic E-state index is 12.9. The molecule has 0 unspecified atom stereocenters. The Labute approximate surface area is 217 Å². The summed E-state index contributed by atoms with van der Waals surface area (Å²) >= 11 is 0. The average molecular weight is 498 g/mol. The summed E-state index contributed by atoms with van der Waals surface area (Å²) in [5.74, 6) is 0. The van der Waals surface area contributed by atoms with Crippen molar-refractivity contribution in [2.75, 3.05) is 18.0 Å². The van der Waals surface area contributed by atoms with Crippen molar-refractivity contribution in [2.24, 2.45) is 7.05 Å². The highest BCUT2D eigenvalue weighted by Crippen LogP contribution is 2.35. The summed E-state index contributed by atoms with van der Waals surface area (Å²) < 4.78 is 3.24. The highest BCUT2D eigenvalue weighted by molar-refractivity contribution is 5.88. The van der Waals surface area contributed by atoms with Gasteiger partial charge in [-0.25, -0.2) is 0 Å². The van der Waals surface area contributed by atoms with Crippen LogP contribution in [0, 0.1) is 18.3 Å². The Balaban J connectivity index is 1.51. The van der Waals surface area contributed by atoms with Gasteiger partial charge in [-0.3, -0.25) is 19.4 Å². The van der Waals surface area contributed by atoms with Gasteiger partial charge in [-0.1, -0.05) is 26.0 Å². The van der Waals surface area contributed by atoms with Gasteiger partial charge >= 0.3 is 0 Å². The van der Waals surface area contributed by atoms with Crippen molar-refractivity contribution in [2.45, 2.75) is 65.2 Å². The Morgan fingerprint density at radius 1 is 1.14 bits per heavy atom. The van der Waals surface area contributed by atoms with Gasteiger partial charge in [0.2, 0.25) is 0 Å². The van der Waals surface area contributed by atoms with Gasteiger partial charge in [-0.2, -0.15) is 10.4 Å². The van der Waals surface area contributed by atoms with Crippen LogP contribution < -0.4 is 10.5 Å². The van der Waals surface area contributed by atoms with Crippen LogP contribution in [-0.4, -0.2) is 49.4 Å². The Bertz CT molecular complexity index is 1550. The van der Waals surface area contributed by atoms with E-state index in [1.54, 1.807) is 28.6 Å². The Morgan fingerprint density at radius 3 is 2.65 bits per heavy atom. The van der Waals surface area contributed by atoms with Crippen LogP contribution in [0.3, 0.4) is 0 Å². The molecule has 1 aliphatic heterocycles. The van der Waals surface area contributed by atoms with E-state index < -0.39 is 0 Å². The van der Waals surface area contributed by atoms with Gasteiger partial charge in [0.25, 0.3) is 5.56 Å². The molecule has 3 aromatic heterocycles. The van der Waals surface area contributed by atoms with Crippen LogP contribution in [0.5, 0.6) is 0 Å². The Hall–Kier alpha value is -3.70. The third kappa shape index (κ3) is 4.38. The molecule has 1 saturated heterocycles. The van der Waals surface area contributed by atoms with Crippen molar-refractivity contribution in [1.29, 1.82) is 5.26 Å². The van der Waals surface area contributed by atoms with Crippen molar-refractivity contribution in [3.05, 3.63) is 64.3 Å². The van der Waals surface area contributed by atoms with Crippen molar-refractivity contribution in [1.82, 2.24) is 24.2 Å². The van der Waals surface area contributed by atoms with Crippen molar-refractivity contribution >= 4 is 27.5 Å². The van der Waals surface area contributed by atoms with E-state index >= 15 is 0 Å². The van der Waals surface area contributed by atoms with Crippen LogP contribution >= 0.6 is 0 Å². The standard InChI is InChI=1S/C29H35N7O/c1-6-23-17-36(26-15-28(37)33(5)27-18-34(13-11-30)32-29(26)27)24(7-2)16-35(23)20(4)21-8-9-25-19(3)31-12-10-22(25)14-21/h8-10,12,14-15,18,20,23-24H,6-7,13,16-17H2,1-5H3/t20-,23-,24+/m1/s1. The summed E-state index contributed by atoms with van der Waals surface area (Å²) in [6, 6.07) is 13.5. The molecular formula is C29H35N7O. The smallest absolute Gasteiger partial charge is 0.252 e. The summed E-state index contributed by atoms with van der Waals surface area (Å²) in [6.07, 6.45) is 5.65. The molecular weight excluding hydrogens is 462 g/mol. The molecule has 1 fully saturated rings. The van der Waals surface area contributed by atoms with Gasteiger partial charge in [0.05, 0.1) is 23.5 Å². The first-order valence-electron chi connectivity index (χ1n) is 13.2. The van der Waals surface area contributed by atoms with Crippen molar-refractivity contribution in [3.63, 3.8) is 0 Å². The van der Waals surface area contributed by atoms with E-state index in [4.69, 9.17) is 5.10 Å². The van der Waals surface area contributed by atoms with Gasteiger partial charge in [0.1, 0.15) is 12.1 Å². The minimum absolute atomic E-state index is 0.0568. The molecule has 0 spiro atoms. The fourth-order valence-electron chi connectivity index (χ4n) is 5.87. The molecule has 0 saturated carbocycles. The Kier molecular flexibility index (Phi) is 6.74. The molecule has 37 heavy (non-hydrogen) atoms. The first-order chi connectivity index (χ1) is 17.9. The highest BCUT2D eigenvalue weighted by atomic mass is 16.1. The first-order valence-corrected chi connectivity index (χ1v) is 13.2. The molecule has 0 aliphatic carbocycles. The summed E-state index contributed by atoms with van der Waals surface area (Å²) in [5.41, 5.74) is 4.73. The van der Waals surface area contributed by atoms with E-state index in [-0.39, 0.29) is 24.2 Å². The van der Waals surface area contributed by atoms with E-state index in [1.165, 1.54) is 16.3 Å². The lowest BCUT2D eigenvalue weighted by Gasteiger charge is -2.49. The molecule has 0 radical (unpaired) electrons. The monoisotopic (exact) mass is 497 g/mol. The van der Waals surface area contributed by atoms with Crippen LogP contribution in [-0.2, 0) is 13.6 Å². The molecule has 1 aliphatic rings. The maximum Gasteiger partial charge on any atom is 0.252 e. The molecule has 4 heterocycles. The van der Waals surface area contributed by atoms with E-state index in [1.807, 2.05) is 6.20 Å². The van der Waals surface area contributed by atoms with Crippen LogP contribution in [0.4, 0.5) is 5.69 Å². The molecule has 0 N–H and O–H groups in total. The fraction of sp³-hybridized carbons (Fsp3) is 0.448. The normalized spacial score (nSPS) is 19.4. The van der Waals surface area contributed by atoms with Gasteiger partial charge < -0.3 is 9.47 Å². The van der Waals surface area contributed by atoms with Crippen molar-refractivity contribution in [3.8, 4) is 6.07 Å². The zero-order valence-corrected chi connectivity index (χ0v) is 22.3. The minimum Gasteiger partial charge on any atom is -0.364 e. The molecule has 5 rings (SSSR count). The van der Waals surface area contributed by atoms with E-state index in [2.05, 4.69) is 72.8 Å². The summed E-state index contributed by atoms with van der Waals surface area (Å²) in [6.45, 7) is 10.7. The van der Waals surface area contributed by atoms with Crippen LogP contribution in [0.2, 0.25) is 0 Å². The number of hydrogen-bond donors (Lipinski definition) is 0. The minimum atomic E-state index is -0.0568. The molecule has 8 nitrogen and oxygen atoms in total. The van der Waals surface area contributed by atoms with Gasteiger partial charge in [-0.15, -0.1) is 0 Å². The number of aryl methyl sites for hydroxylation is 2. The highest BCUT2D eigenvalue weighted by Gasteiger charge is 2.36. The van der Waals surface area contributed by atoms with Crippen LogP contribution in [0.15, 0.2) is 47.5 Å². The van der Waals surface area contributed by atoms with Gasteiger partial charge in [0.15, 0.2) is 0 Å². The van der Waals surface area contributed by atoms with E-state index in [0.29, 0.717) is 6.04 Å². The Morgan fingerprint density at radius 2 is 1.92 bits per heavy atom. The summed E-state index contributed by atoms with van der Waals surface area (Å²) in [7, 11) is 1.76. The second kappa shape index (κ2) is 9.98. The topological polar surface area (TPSA) is 83.0 Å². The third-order valence-corrected chi connectivity index (χ3v) is 8.13. The second-order valence-electron chi connectivity index (χ2n) is 10.2. The first kappa shape index (κ1) is 25.0. The summed E-state index contributed by atoms with van der Waals surface area (Å²) in [5, 5.41) is 16.3. The lowest BCUT2D eigenvalue weighted by Crippen LogP contribution is -2.58. The van der Waals surface area contributed by atoms with Gasteiger partial charge in [-0.05, 0) is 49.8 Å². The number of aromatic nitrogens is 4. The molecule has 0 amide bonds.